The number of halogens is 3. The highest BCUT2D eigenvalue weighted by molar-refractivity contribution is 14.1. The summed E-state index contributed by atoms with van der Waals surface area (Å²) in [6.45, 7) is 0. The van der Waals surface area contributed by atoms with E-state index in [2.05, 4.69) is 35.1 Å². The molecule has 0 radical (unpaired) electrons. The Balaban J connectivity index is 2.56. The van der Waals surface area contributed by atoms with Gasteiger partial charge in [0.1, 0.15) is 11.5 Å². The lowest BCUT2D eigenvalue weighted by molar-refractivity contribution is 0.450. The minimum atomic E-state index is 0.00149. The van der Waals surface area contributed by atoms with Crippen molar-refractivity contribution in [3.8, 4) is 11.5 Å². The lowest BCUT2D eigenvalue weighted by Crippen LogP contribution is -2.02. The number of hydrogen-bond donors (Lipinski definition) is 2. The molecule has 0 bridgehead atoms. The SMILES string of the molecule is Oc1cc(O)cc(C(=NI)c2cc(Br)cc(Br)c2)c1. The highest BCUT2D eigenvalue weighted by atomic mass is 127. The van der Waals surface area contributed by atoms with Crippen molar-refractivity contribution >= 4 is 60.4 Å². The normalized spacial score (nSPS) is 11.6. The second-order valence-electron chi connectivity index (χ2n) is 3.83. The van der Waals surface area contributed by atoms with Crippen molar-refractivity contribution in [1.82, 2.24) is 0 Å². The summed E-state index contributed by atoms with van der Waals surface area (Å²) in [5.41, 5.74) is 2.20. The van der Waals surface area contributed by atoms with E-state index < -0.39 is 0 Å². The highest BCUT2D eigenvalue weighted by Crippen LogP contribution is 2.26. The van der Waals surface area contributed by atoms with Gasteiger partial charge in [-0.3, -0.25) is 0 Å². The second kappa shape index (κ2) is 6.23. The Hall–Kier alpha value is -0.600. The summed E-state index contributed by atoms with van der Waals surface area (Å²) in [6, 6.07) is 10.2. The molecular formula is C13H8Br2INO2. The Kier molecular flexibility index (Phi) is 4.86. The van der Waals surface area contributed by atoms with E-state index in [1.165, 1.54) is 6.07 Å². The Bertz CT molecular complexity index is 565. The van der Waals surface area contributed by atoms with Crippen LogP contribution in [0.1, 0.15) is 11.1 Å². The van der Waals surface area contributed by atoms with Crippen LogP contribution in [0.2, 0.25) is 0 Å². The predicted molar refractivity (Wildman–Crippen MR) is 91.3 cm³/mol. The standard InChI is InChI=1S/C13H8Br2INO2/c14-9-1-7(2-10(15)5-9)13(17-16)8-3-11(18)6-12(19)4-8/h1-6,18-19H. The van der Waals surface area contributed by atoms with E-state index in [0.29, 0.717) is 11.3 Å². The van der Waals surface area contributed by atoms with E-state index in [4.69, 9.17) is 0 Å². The largest absolute Gasteiger partial charge is 0.508 e. The van der Waals surface area contributed by atoms with Crippen molar-refractivity contribution in [3.63, 3.8) is 0 Å². The van der Waals surface area contributed by atoms with E-state index in [1.807, 2.05) is 41.1 Å². The van der Waals surface area contributed by atoms with Crippen molar-refractivity contribution in [2.75, 3.05) is 0 Å². The monoisotopic (exact) mass is 495 g/mol. The van der Waals surface area contributed by atoms with Crippen molar-refractivity contribution in [2.45, 2.75) is 0 Å². The first-order chi connectivity index (χ1) is 8.99. The quantitative estimate of drug-likeness (QED) is 0.463. The van der Waals surface area contributed by atoms with Gasteiger partial charge in [0.15, 0.2) is 0 Å². The summed E-state index contributed by atoms with van der Waals surface area (Å²) < 4.78 is 6.05. The first-order valence-electron chi connectivity index (χ1n) is 5.18. The summed E-state index contributed by atoms with van der Waals surface area (Å²) in [5, 5.41) is 19.1. The maximum atomic E-state index is 9.56. The molecule has 0 fully saturated rings. The third kappa shape index (κ3) is 3.70. The van der Waals surface area contributed by atoms with Crippen molar-refractivity contribution in [2.24, 2.45) is 3.21 Å². The Labute approximate surface area is 141 Å². The molecule has 19 heavy (non-hydrogen) atoms. The zero-order chi connectivity index (χ0) is 14.0. The van der Waals surface area contributed by atoms with Crippen LogP contribution in [-0.2, 0) is 0 Å². The summed E-state index contributed by atoms with van der Waals surface area (Å²) >= 11 is 8.75. The van der Waals surface area contributed by atoms with E-state index >= 15 is 0 Å². The molecule has 0 atom stereocenters. The number of nitrogens with zero attached hydrogens (tertiary/aromatic N) is 1. The van der Waals surface area contributed by atoms with E-state index in [9.17, 15) is 10.2 Å². The van der Waals surface area contributed by atoms with Gasteiger partial charge in [0.25, 0.3) is 0 Å². The third-order valence-corrected chi connectivity index (χ3v) is 3.79. The minimum absolute atomic E-state index is 0.00149. The first-order valence-corrected chi connectivity index (χ1v) is 7.73. The first kappa shape index (κ1) is 14.8. The fraction of sp³-hybridized carbons (Fsp3) is 0. The number of hydrogen-bond acceptors (Lipinski definition) is 3. The molecule has 0 aliphatic heterocycles. The highest BCUT2D eigenvalue weighted by Gasteiger charge is 2.11. The second-order valence-corrected chi connectivity index (χ2v) is 6.14. The van der Waals surface area contributed by atoms with E-state index in [0.717, 1.165) is 14.5 Å². The molecule has 0 aliphatic rings. The molecule has 0 saturated carbocycles. The summed E-state index contributed by atoms with van der Waals surface area (Å²) in [5.74, 6) is 0.00299. The number of benzene rings is 2. The lowest BCUT2D eigenvalue weighted by Gasteiger charge is -2.08. The molecule has 0 heterocycles. The van der Waals surface area contributed by atoms with Gasteiger partial charge in [-0.1, -0.05) is 31.9 Å². The molecule has 0 amide bonds. The molecule has 0 saturated heterocycles. The average molecular weight is 497 g/mol. The van der Waals surface area contributed by atoms with Gasteiger partial charge in [-0.15, -0.1) is 0 Å². The number of rotatable bonds is 2. The number of aromatic hydroxyl groups is 2. The van der Waals surface area contributed by atoms with Gasteiger partial charge < -0.3 is 10.2 Å². The Morgan fingerprint density at radius 2 is 1.32 bits per heavy atom. The zero-order valence-corrected chi connectivity index (χ0v) is 14.8. The molecule has 0 spiro atoms. The van der Waals surface area contributed by atoms with Gasteiger partial charge in [-0.05, 0) is 30.3 Å². The fourth-order valence-corrected chi connectivity index (χ4v) is 3.54. The molecule has 98 valence electrons. The molecule has 2 aromatic carbocycles. The van der Waals surface area contributed by atoms with Crippen molar-refractivity contribution < 1.29 is 10.2 Å². The van der Waals surface area contributed by atoms with E-state index in [-0.39, 0.29) is 11.5 Å². The van der Waals surface area contributed by atoms with Crippen LogP contribution < -0.4 is 0 Å². The topological polar surface area (TPSA) is 52.8 Å². The molecule has 0 aromatic heterocycles. The maximum absolute atomic E-state index is 9.56. The smallest absolute Gasteiger partial charge is 0.119 e. The fourth-order valence-electron chi connectivity index (χ4n) is 1.69. The molecule has 2 rings (SSSR count). The summed E-state index contributed by atoms with van der Waals surface area (Å²) in [7, 11) is 0. The third-order valence-electron chi connectivity index (χ3n) is 2.40. The molecule has 2 N–H and O–H groups in total. The van der Waals surface area contributed by atoms with Gasteiger partial charge in [-0.2, -0.15) is 0 Å². The zero-order valence-electron chi connectivity index (χ0n) is 9.44. The van der Waals surface area contributed by atoms with Crippen LogP contribution in [-0.4, -0.2) is 15.9 Å². The van der Waals surface area contributed by atoms with Crippen LogP contribution in [0.3, 0.4) is 0 Å². The van der Waals surface area contributed by atoms with Crippen LogP contribution >= 0.6 is 54.7 Å². The van der Waals surface area contributed by atoms with Gasteiger partial charge >= 0.3 is 0 Å². The Morgan fingerprint density at radius 1 is 0.842 bits per heavy atom. The Morgan fingerprint density at radius 3 is 1.79 bits per heavy atom. The van der Waals surface area contributed by atoms with Gasteiger partial charge in [0, 0.05) is 26.1 Å². The molecule has 3 nitrogen and oxygen atoms in total. The minimum Gasteiger partial charge on any atom is -0.508 e. The molecule has 0 unspecified atom stereocenters. The van der Waals surface area contributed by atoms with Gasteiger partial charge in [0.2, 0.25) is 0 Å². The van der Waals surface area contributed by atoms with Gasteiger partial charge in [0.05, 0.1) is 28.6 Å². The van der Waals surface area contributed by atoms with Crippen LogP contribution in [0.5, 0.6) is 11.5 Å². The number of phenols is 2. The van der Waals surface area contributed by atoms with Crippen LogP contribution in [0.25, 0.3) is 0 Å². The van der Waals surface area contributed by atoms with Crippen molar-refractivity contribution in [3.05, 3.63) is 56.5 Å². The van der Waals surface area contributed by atoms with E-state index in [1.54, 1.807) is 12.1 Å². The van der Waals surface area contributed by atoms with Crippen molar-refractivity contribution in [1.29, 1.82) is 0 Å². The molecule has 6 heteroatoms. The van der Waals surface area contributed by atoms with Crippen LogP contribution in [0, 0.1) is 0 Å². The average Bonchev–Trinajstić information content (AvgIpc) is 2.27. The molecule has 0 aliphatic carbocycles. The summed E-state index contributed by atoms with van der Waals surface area (Å²) in [6.07, 6.45) is 0. The number of phenolic OH excluding ortho intramolecular Hbond substituents is 2. The maximum Gasteiger partial charge on any atom is 0.119 e. The molecular weight excluding hydrogens is 489 g/mol. The van der Waals surface area contributed by atoms with Crippen LogP contribution in [0.15, 0.2) is 48.5 Å². The van der Waals surface area contributed by atoms with Gasteiger partial charge in [-0.25, -0.2) is 3.21 Å². The lowest BCUT2D eigenvalue weighted by atomic mass is 10.0. The molecule has 2 aromatic rings. The van der Waals surface area contributed by atoms with Crippen LogP contribution in [0.4, 0.5) is 0 Å². The summed E-state index contributed by atoms with van der Waals surface area (Å²) in [4.78, 5) is 0. The predicted octanol–water partition coefficient (Wildman–Crippen LogP) is 4.81.